The second-order valence-electron chi connectivity index (χ2n) is 2.49. The number of nitrogens with two attached hydrogens (primary N) is 2. The molecule has 0 aliphatic heterocycles. The lowest BCUT2D eigenvalue weighted by Crippen LogP contribution is -2.19. The molecule has 0 bridgehead atoms. The van der Waals surface area contributed by atoms with Crippen molar-refractivity contribution in [3.63, 3.8) is 0 Å². The predicted molar refractivity (Wildman–Crippen MR) is 43.2 cm³/mol. The number of ether oxygens (including phenoxy) is 1. The van der Waals surface area contributed by atoms with Crippen LogP contribution < -0.4 is 16.2 Å². The first-order valence-electron chi connectivity index (χ1n) is 3.62. The van der Waals surface area contributed by atoms with Crippen LogP contribution in [0.2, 0.25) is 0 Å². The summed E-state index contributed by atoms with van der Waals surface area (Å²) in [6.45, 7) is 0.156. The van der Waals surface area contributed by atoms with Crippen LogP contribution in [0.25, 0.3) is 0 Å². The van der Waals surface area contributed by atoms with E-state index in [9.17, 15) is 13.2 Å². The lowest BCUT2D eigenvalue weighted by Gasteiger charge is -2.10. The van der Waals surface area contributed by atoms with Gasteiger partial charge in [0.1, 0.15) is 0 Å². The van der Waals surface area contributed by atoms with Gasteiger partial charge in [-0.15, -0.1) is 13.2 Å². The number of pyridine rings is 1. The van der Waals surface area contributed by atoms with Crippen LogP contribution in [0.4, 0.5) is 18.9 Å². The van der Waals surface area contributed by atoms with Gasteiger partial charge in [0.2, 0.25) is 5.88 Å². The monoisotopic (exact) mass is 207 g/mol. The highest BCUT2D eigenvalue weighted by Crippen LogP contribution is 2.26. The van der Waals surface area contributed by atoms with E-state index in [-0.39, 0.29) is 12.2 Å². The molecule has 14 heavy (non-hydrogen) atoms. The first-order chi connectivity index (χ1) is 6.42. The molecule has 0 radical (unpaired) electrons. The number of hydrogen-bond acceptors (Lipinski definition) is 4. The van der Waals surface area contributed by atoms with Gasteiger partial charge in [-0.3, -0.25) is 0 Å². The fraction of sp³-hybridized carbons (Fsp3) is 0.286. The molecule has 7 heteroatoms. The van der Waals surface area contributed by atoms with Crippen LogP contribution in [-0.4, -0.2) is 11.3 Å². The Kier molecular flexibility index (Phi) is 2.80. The summed E-state index contributed by atoms with van der Waals surface area (Å²) in [6, 6.07) is 1.29. The zero-order valence-electron chi connectivity index (χ0n) is 7.01. The van der Waals surface area contributed by atoms with Gasteiger partial charge in [0.05, 0.1) is 5.69 Å². The maximum Gasteiger partial charge on any atom is 0.574 e. The second-order valence-corrected chi connectivity index (χ2v) is 2.49. The minimum atomic E-state index is -4.79. The molecule has 0 amide bonds. The Labute approximate surface area is 77.7 Å². The molecule has 0 saturated carbocycles. The number of alkyl halides is 3. The first-order valence-corrected chi connectivity index (χ1v) is 3.62. The molecule has 1 aromatic heterocycles. The summed E-state index contributed by atoms with van der Waals surface area (Å²) >= 11 is 0. The lowest BCUT2D eigenvalue weighted by molar-refractivity contribution is -0.275. The van der Waals surface area contributed by atoms with E-state index in [4.69, 9.17) is 11.5 Å². The molecule has 4 N–H and O–H groups in total. The van der Waals surface area contributed by atoms with Gasteiger partial charge in [-0.2, -0.15) is 0 Å². The Morgan fingerprint density at radius 2 is 2.07 bits per heavy atom. The minimum absolute atomic E-state index is 0.156. The van der Waals surface area contributed by atoms with Gasteiger partial charge in [-0.05, 0) is 11.6 Å². The number of hydrogen-bond donors (Lipinski definition) is 2. The van der Waals surface area contributed by atoms with Crippen molar-refractivity contribution in [3.8, 4) is 5.88 Å². The summed E-state index contributed by atoms with van der Waals surface area (Å²) in [5, 5.41) is 0. The van der Waals surface area contributed by atoms with Gasteiger partial charge in [0.15, 0.2) is 0 Å². The van der Waals surface area contributed by atoms with Gasteiger partial charge in [0.25, 0.3) is 0 Å². The molecule has 1 heterocycles. The molecule has 4 nitrogen and oxygen atoms in total. The van der Waals surface area contributed by atoms with Gasteiger partial charge in [0, 0.05) is 12.7 Å². The summed E-state index contributed by atoms with van der Waals surface area (Å²) in [5.74, 6) is -0.658. The van der Waals surface area contributed by atoms with Crippen LogP contribution in [0, 0.1) is 0 Å². The van der Waals surface area contributed by atoms with Crippen molar-refractivity contribution < 1.29 is 17.9 Å². The van der Waals surface area contributed by atoms with E-state index < -0.39 is 12.2 Å². The molecule has 78 valence electrons. The first kappa shape index (κ1) is 10.6. The molecule has 1 rings (SSSR count). The molecule has 0 unspecified atom stereocenters. The normalized spacial score (nSPS) is 11.4. The Balaban J connectivity index is 2.89. The molecular weight excluding hydrogens is 199 g/mol. The molecule has 0 aliphatic rings. The Bertz CT molecular complexity index is 326. The molecule has 0 atom stereocenters. The number of halogens is 3. The van der Waals surface area contributed by atoms with Crippen molar-refractivity contribution in [2.24, 2.45) is 5.73 Å². The smallest absolute Gasteiger partial charge is 0.394 e. The fourth-order valence-electron chi connectivity index (χ4n) is 0.821. The Morgan fingerprint density at radius 1 is 1.43 bits per heavy atom. The number of aromatic nitrogens is 1. The zero-order chi connectivity index (χ0) is 10.8. The lowest BCUT2D eigenvalue weighted by atomic mass is 10.2. The van der Waals surface area contributed by atoms with Crippen LogP contribution in [-0.2, 0) is 6.54 Å². The van der Waals surface area contributed by atoms with Crippen molar-refractivity contribution >= 4 is 5.69 Å². The zero-order valence-corrected chi connectivity index (χ0v) is 7.01. The SMILES string of the molecule is NCc1cnc(OC(F)(F)F)c(N)c1. The maximum atomic E-state index is 11.8. The van der Waals surface area contributed by atoms with Crippen LogP contribution in [0.3, 0.4) is 0 Å². The third kappa shape index (κ3) is 2.77. The second kappa shape index (κ2) is 3.70. The van der Waals surface area contributed by atoms with Gasteiger partial charge in [-0.25, -0.2) is 4.98 Å². The average Bonchev–Trinajstić information content (AvgIpc) is 2.06. The minimum Gasteiger partial charge on any atom is -0.394 e. The summed E-state index contributed by atoms with van der Waals surface area (Å²) in [4.78, 5) is 3.39. The summed E-state index contributed by atoms with van der Waals surface area (Å²) in [5.41, 5.74) is 10.8. The van der Waals surface area contributed by atoms with E-state index in [0.717, 1.165) is 0 Å². The molecule has 0 aromatic carbocycles. The molecule has 0 spiro atoms. The highest BCUT2D eigenvalue weighted by Gasteiger charge is 2.32. The molecule has 0 saturated heterocycles. The number of nitrogens with zero attached hydrogens (tertiary/aromatic N) is 1. The quantitative estimate of drug-likeness (QED) is 0.759. The van der Waals surface area contributed by atoms with Crippen molar-refractivity contribution in [2.45, 2.75) is 12.9 Å². The maximum absolute atomic E-state index is 11.8. The van der Waals surface area contributed by atoms with Crippen LogP contribution in [0.15, 0.2) is 12.3 Å². The number of anilines is 1. The summed E-state index contributed by atoms with van der Waals surface area (Å²) in [6.07, 6.45) is -3.61. The van der Waals surface area contributed by atoms with E-state index in [0.29, 0.717) is 5.56 Å². The van der Waals surface area contributed by atoms with Crippen molar-refractivity contribution in [1.82, 2.24) is 4.98 Å². The number of nitrogen functional groups attached to an aromatic ring is 1. The van der Waals surface area contributed by atoms with E-state index in [1.54, 1.807) is 0 Å². The van der Waals surface area contributed by atoms with Crippen LogP contribution in [0.1, 0.15) is 5.56 Å². The Morgan fingerprint density at radius 3 is 2.50 bits per heavy atom. The Hall–Kier alpha value is -1.50. The predicted octanol–water partition coefficient (Wildman–Crippen LogP) is 1.02. The third-order valence-electron chi connectivity index (χ3n) is 1.38. The van der Waals surface area contributed by atoms with Crippen molar-refractivity contribution in [2.75, 3.05) is 5.73 Å². The van der Waals surface area contributed by atoms with Crippen LogP contribution >= 0.6 is 0 Å². The molecule has 1 aromatic rings. The number of rotatable bonds is 2. The van der Waals surface area contributed by atoms with Gasteiger partial charge < -0.3 is 16.2 Å². The molecule has 0 fully saturated rings. The standard InChI is InChI=1S/C7H8F3N3O/c8-7(9,10)14-6-5(12)1-4(2-11)3-13-6/h1,3H,2,11-12H2. The highest BCUT2D eigenvalue weighted by molar-refractivity contribution is 5.49. The average molecular weight is 207 g/mol. The fourth-order valence-corrected chi connectivity index (χ4v) is 0.821. The summed E-state index contributed by atoms with van der Waals surface area (Å²) < 4.78 is 38.8. The van der Waals surface area contributed by atoms with E-state index in [1.165, 1.54) is 12.3 Å². The van der Waals surface area contributed by atoms with Gasteiger partial charge in [-0.1, -0.05) is 0 Å². The largest absolute Gasteiger partial charge is 0.574 e. The van der Waals surface area contributed by atoms with Crippen molar-refractivity contribution in [1.29, 1.82) is 0 Å². The topological polar surface area (TPSA) is 74.2 Å². The van der Waals surface area contributed by atoms with Crippen molar-refractivity contribution in [3.05, 3.63) is 17.8 Å². The highest BCUT2D eigenvalue weighted by atomic mass is 19.4. The van der Waals surface area contributed by atoms with E-state index in [2.05, 4.69) is 9.72 Å². The third-order valence-corrected chi connectivity index (χ3v) is 1.38. The molecular formula is C7H8F3N3O. The van der Waals surface area contributed by atoms with E-state index in [1.807, 2.05) is 0 Å². The summed E-state index contributed by atoms with van der Waals surface area (Å²) in [7, 11) is 0. The van der Waals surface area contributed by atoms with E-state index >= 15 is 0 Å². The molecule has 0 aliphatic carbocycles. The van der Waals surface area contributed by atoms with Gasteiger partial charge >= 0.3 is 6.36 Å². The van der Waals surface area contributed by atoms with Crippen LogP contribution in [0.5, 0.6) is 5.88 Å².